The Kier molecular flexibility index (Phi) is 2.04. The van der Waals surface area contributed by atoms with Crippen LogP contribution in [0.25, 0.3) is 0 Å². The number of nitrogen functional groups attached to an aromatic ring is 1. The van der Waals surface area contributed by atoms with Gasteiger partial charge in [-0.15, -0.1) is 0 Å². The van der Waals surface area contributed by atoms with Crippen molar-refractivity contribution >= 4 is 5.82 Å². The minimum absolute atomic E-state index is 0.500. The maximum atomic E-state index is 5.62. The van der Waals surface area contributed by atoms with Gasteiger partial charge in [0.2, 0.25) is 5.88 Å². The highest BCUT2D eigenvalue weighted by Gasteiger charge is 2.27. The van der Waals surface area contributed by atoms with Crippen LogP contribution in [0.4, 0.5) is 5.82 Å². The molecule has 4 nitrogen and oxygen atoms in total. The van der Waals surface area contributed by atoms with E-state index in [2.05, 4.69) is 9.97 Å². The smallest absolute Gasteiger partial charge is 0.218 e. The van der Waals surface area contributed by atoms with Crippen molar-refractivity contribution in [3.05, 3.63) is 11.9 Å². The number of anilines is 1. The summed E-state index contributed by atoms with van der Waals surface area (Å²) in [6.07, 6.45) is 2.35. The number of rotatable bonds is 3. The van der Waals surface area contributed by atoms with Crippen LogP contribution in [-0.4, -0.2) is 16.6 Å². The van der Waals surface area contributed by atoms with Crippen molar-refractivity contribution in [2.24, 2.45) is 0 Å². The molecule has 0 aromatic carbocycles. The summed E-state index contributed by atoms with van der Waals surface area (Å²) >= 11 is 0. The van der Waals surface area contributed by atoms with E-state index in [1.54, 1.807) is 6.07 Å². The molecular formula is C9H13N3O. The van der Waals surface area contributed by atoms with Gasteiger partial charge in [0, 0.05) is 12.0 Å². The Balaban J connectivity index is 2.25. The van der Waals surface area contributed by atoms with E-state index in [1.165, 1.54) is 12.8 Å². The van der Waals surface area contributed by atoms with Crippen LogP contribution < -0.4 is 10.5 Å². The zero-order valence-corrected chi connectivity index (χ0v) is 7.66. The number of hydrogen-bond acceptors (Lipinski definition) is 4. The van der Waals surface area contributed by atoms with E-state index in [9.17, 15) is 0 Å². The second kappa shape index (κ2) is 3.20. The van der Waals surface area contributed by atoms with E-state index in [0.29, 0.717) is 24.2 Å². The van der Waals surface area contributed by atoms with Crippen LogP contribution >= 0.6 is 0 Å². The molecule has 70 valence electrons. The maximum absolute atomic E-state index is 5.62. The first-order valence-electron chi connectivity index (χ1n) is 4.57. The zero-order valence-electron chi connectivity index (χ0n) is 7.66. The van der Waals surface area contributed by atoms with E-state index < -0.39 is 0 Å². The number of ether oxygens (including phenoxy) is 1. The van der Waals surface area contributed by atoms with Crippen LogP contribution in [0.3, 0.4) is 0 Å². The molecule has 1 saturated carbocycles. The predicted molar refractivity (Wildman–Crippen MR) is 49.6 cm³/mol. The lowest BCUT2D eigenvalue weighted by atomic mass is 10.4. The van der Waals surface area contributed by atoms with Gasteiger partial charge in [-0.2, -0.15) is 4.98 Å². The molecule has 0 spiro atoms. The van der Waals surface area contributed by atoms with Gasteiger partial charge in [-0.1, -0.05) is 0 Å². The molecule has 2 N–H and O–H groups in total. The van der Waals surface area contributed by atoms with Crippen molar-refractivity contribution in [3.63, 3.8) is 0 Å². The Morgan fingerprint density at radius 2 is 2.31 bits per heavy atom. The van der Waals surface area contributed by atoms with Gasteiger partial charge in [0.1, 0.15) is 11.6 Å². The first-order chi connectivity index (χ1) is 6.29. The Labute approximate surface area is 77.1 Å². The van der Waals surface area contributed by atoms with Crippen LogP contribution in [0, 0.1) is 0 Å². The van der Waals surface area contributed by atoms with Crippen LogP contribution in [0.15, 0.2) is 6.07 Å². The first kappa shape index (κ1) is 8.29. The SMILES string of the molecule is CCOc1cc(N)nc(C2CC2)n1. The molecule has 13 heavy (non-hydrogen) atoms. The van der Waals surface area contributed by atoms with Crippen LogP contribution in [0.2, 0.25) is 0 Å². The van der Waals surface area contributed by atoms with Crippen molar-refractivity contribution < 1.29 is 4.74 Å². The lowest BCUT2D eigenvalue weighted by Crippen LogP contribution is -2.02. The van der Waals surface area contributed by atoms with Gasteiger partial charge in [-0.25, -0.2) is 4.98 Å². The Bertz CT molecular complexity index is 310. The molecule has 0 bridgehead atoms. The third kappa shape index (κ3) is 1.88. The standard InChI is InChI=1S/C9H13N3O/c1-2-13-8-5-7(10)11-9(12-8)6-3-4-6/h5-6H,2-4H2,1H3,(H2,10,11,12). The average Bonchev–Trinajstić information content (AvgIpc) is 2.85. The summed E-state index contributed by atoms with van der Waals surface area (Å²) < 4.78 is 5.27. The lowest BCUT2D eigenvalue weighted by Gasteiger charge is -2.04. The van der Waals surface area contributed by atoms with Crippen LogP contribution in [0.1, 0.15) is 31.5 Å². The quantitative estimate of drug-likeness (QED) is 0.760. The first-order valence-corrected chi connectivity index (χ1v) is 4.57. The molecule has 1 aliphatic rings. The van der Waals surface area contributed by atoms with Crippen molar-refractivity contribution in [3.8, 4) is 5.88 Å². The molecule has 0 amide bonds. The van der Waals surface area contributed by atoms with E-state index in [0.717, 1.165) is 5.82 Å². The molecule has 2 rings (SSSR count). The molecule has 1 fully saturated rings. The summed E-state index contributed by atoms with van der Waals surface area (Å²) in [6.45, 7) is 2.54. The number of nitrogens with two attached hydrogens (primary N) is 1. The molecule has 0 aliphatic heterocycles. The fourth-order valence-corrected chi connectivity index (χ4v) is 1.21. The Hall–Kier alpha value is -1.32. The van der Waals surface area contributed by atoms with Gasteiger partial charge in [0.05, 0.1) is 6.61 Å². The fraction of sp³-hybridized carbons (Fsp3) is 0.556. The molecule has 1 heterocycles. The average molecular weight is 179 g/mol. The molecule has 0 unspecified atom stereocenters. The summed E-state index contributed by atoms with van der Waals surface area (Å²) in [6, 6.07) is 1.66. The van der Waals surface area contributed by atoms with Gasteiger partial charge in [-0.05, 0) is 19.8 Å². The van der Waals surface area contributed by atoms with Gasteiger partial charge >= 0.3 is 0 Å². The van der Waals surface area contributed by atoms with Gasteiger partial charge in [-0.3, -0.25) is 0 Å². The highest BCUT2D eigenvalue weighted by atomic mass is 16.5. The molecular weight excluding hydrogens is 166 g/mol. The molecule has 4 heteroatoms. The van der Waals surface area contributed by atoms with Gasteiger partial charge in [0.15, 0.2) is 0 Å². The summed E-state index contributed by atoms with van der Waals surface area (Å²) in [5, 5.41) is 0. The minimum Gasteiger partial charge on any atom is -0.478 e. The summed E-state index contributed by atoms with van der Waals surface area (Å²) in [5.41, 5.74) is 5.62. The molecule has 0 radical (unpaired) electrons. The van der Waals surface area contributed by atoms with Crippen molar-refractivity contribution in [1.29, 1.82) is 0 Å². The number of hydrogen-bond donors (Lipinski definition) is 1. The summed E-state index contributed by atoms with van der Waals surface area (Å²) in [5.74, 6) is 2.45. The second-order valence-corrected chi connectivity index (χ2v) is 3.20. The Morgan fingerprint density at radius 1 is 1.54 bits per heavy atom. The van der Waals surface area contributed by atoms with Crippen molar-refractivity contribution in [2.75, 3.05) is 12.3 Å². The summed E-state index contributed by atoms with van der Waals surface area (Å²) in [7, 11) is 0. The van der Waals surface area contributed by atoms with Crippen molar-refractivity contribution in [2.45, 2.75) is 25.7 Å². The highest BCUT2D eigenvalue weighted by molar-refractivity contribution is 5.34. The molecule has 1 aromatic heterocycles. The fourth-order valence-electron chi connectivity index (χ4n) is 1.21. The van der Waals surface area contributed by atoms with Crippen LogP contribution in [-0.2, 0) is 0 Å². The zero-order chi connectivity index (χ0) is 9.26. The lowest BCUT2D eigenvalue weighted by molar-refractivity contribution is 0.325. The maximum Gasteiger partial charge on any atom is 0.218 e. The molecule has 1 aromatic rings. The van der Waals surface area contributed by atoms with Crippen molar-refractivity contribution in [1.82, 2.24) is 9.97 Å². The largest absolute Gasteiger partial charge is 0.478 e. The predicted octanol–water partition coefficient (Wildman–Crippen LogP) is 1.33. The van der Waals surface area contributed by atoms with Gasteiger partial charge < -0.3 is 10.5 Å². The molecule has 0 saturated heterocycles. The van der Waals surface area contributed by atoms with E-state index in [4.69, 9.17) is 10.5 Å². The normalized spacial score (nSPS) is 15.8. The molecule has 1 aliphatic carbocycles. The van der Waals surface area contributed by atoms with E-state index in [1.807, 2.05) is 6.92 Å². The number of aromatic nitrogens is 2. The Morgan fingerprint density at radius 3 is 2.92 bits per heavy atom. The number of nitrogens with zero attached hydrogens (tertiary/aromatic N) is 2. The summed E-state index contributed by atoms with van der Waals surface area (Å²) in [4.78, 5) is 8.44. The topological polar surface area (TPSA) is 61.0 Å². The third-order valence-corrected chi connectivity index (χ3v) is 1.97. The second-order valence-electron chi connectivity index (χ2n) is 3.20. The minimum atomic E-state index is 0.500. The van der Waals surface area contributed by atoms with E-state index in [-0.39, 0.29) is 0 Å². The monoisotopic (exact) mass is 179 g/mol. The highest BCUT2D eigenvalue weighted by Crippen LogP contribution is 2.38. The molecule has 0 atom stereocenters. The van der Waals surface area contributed by atoms with Crippen LogP contribution in [0.5, 0.6) is 5.88 Å². The third-order valence-electron chi connectivity index (χ3n) is 1.97. The van der Waals surface area contributed by atoms with Gasteiger partial charge in [0.25, 0.3) is 0 Å². The van der Waals surface area contributed by atoms with E-state index >= 15 is 0 Å².